The average Bonchev–Trinajstić information content (AvgIpc) is 3.32. The second-order valence-electron chi connectivity index (χ2n) is 5.11. The first kappa shape index (κ1) is 13.8. The third-order valence-corrected chi connectivity index (χ3v) is 3.59. The predicted molar refractivity (Wildman–Crippen MR) is 88.7 cm³/mol. The second-order valence-corrected chi connectivity index (χ2v) is 5.52. The first-order valence-electron chi connectivity index (χ1n) is 7.00. The summed E-state index contributed by atoms with van der Waals surface area (Å²) in [6, 6.07) is 17.2. The molecule has 2 aromatic rings. The van der Waals surface area contributed by atoms with Crippen LogP contribution in [0.4, 0.5) is 5.69 Å². The molecule has 0 unspecified atom stereocenters. The molecule has 106 valence electrons. The molecule has 0 spiro atoms. The van der Waals surface area contributed by atoms with E-state index >= 15 is 0 Å². The first-order chi connectivity index (χ1) is 10.2. The third-order valence-electron chi connectivity index (χ3n) is 3.37. The highest BCUT2D eigenvalue weighted by atomic mass is 32.1. The summed E-state index contributed by atoms with van der Waals surface area (Å²) in [6.07, 6.45) is 2.32. The lowest BCUT2D eigenvalue weighted by atomic mass is 10.0. The van der Waals surface area contributed by atoms with Gasteiger partial charge in [0.1, 0.15) is 0 Å². The molecule has 0 atom stereocenters. The van der Waals surface area contributed by atoms with E-state index in [1.165, 1.54) is 0 Å². The number of anilines is 1. The largest absolute Gasteiger partial charge is 0.360 e. The van der Waals surface area contributed by atoms with Crippen molar-refractivity contribution >= 4 is 28.8 Å². The molecule has 0 saturated heterocycles. The maximum Gasteiger partial charge on any atom is 0.195 e. The summed E-state index contributed by atoms with van der Waals surface area (Å²) in [5.41, 5.74) is 2.04. The minimum atomic E-state index is -0.00655. The molecule has 0 aromatic heterocycles. The van der Waals surface area contributed by atoms with Crippen molar-refractivity contribution < 1.29 is 4.79 Å². The van der Waals surface area contributed by atoms with Crippen LogP contribution in [0.1, 0.15) is 28.8 Å². The van der Waals surface area contributed by atoms with Crippen LogP contribution in [0.15, 0.2) is 54.6 Å². The van der Waals surface area contributed by atoms with E-state index in [0.717, 1.165) is 18.5 Å². The maximum absolute atomic E-state index is 12.6. The molecule has 0 bridgehead atoms. The fourth-order valence-corrected chi connectivity index (χ4v) is 2.38. The van der Waals surface area contributed by atoms with Crippen LogP contribution in [0, 0.1) is 0 Å². The van der Waals surface area contributed by atoms with Crippen molar-refractivity contribution in [3.05, 3.63) is 65.7 Å². The van der Waals surface area contributed by atoms with E-state index < -0.39 is 0 Å². The van der Waals surface area contributed by atoms with Gasteiger partial charge in [-0.2, -0.15) is 0 Å². The fourth-order valence-electron chi connectivity index (χ4n) is 2.11. The quantitative estimate of drug-likeness (QED) is 0.670. The Bertz CT molecular complexity index is 666. The minimum Gasteiger partial charge on any atom is -0.360 e. The van der Waals surface area contributed by atoms with Crippen molar-refractivity contribution in [1.29, 1.82) is 0 Å². The average molecular weight is 296 g/mol. The lowest BCUT2D eigenvalue weighted by Gasteiger charge is -2.13. The van der Waals surface area contributed by atoms with Crippen molar-refractivity contribution in [3.63, 3.8) is 0 Å². The summed E-state index contributed by atoms with van der Waals surface area (Å²) in [5, 5.41) is 6.92. The van der Waals surface area contributed by atoms with Crippen LogP contribution < -0.4 is 10.6 Å². The Hall–Kier alpha value is -2.20. The Balaban J connectivity index is 1.81. The van der Waals surface area contributed by atoms with Gasteiger partial charge in [-0.15, -0.1) is 0 Å². The van der Waals surface area contributed by atoms with Crippen molar-refractivity contribution in [2.75, 3.05) is 5.32 Å². The van der Waals surface area contributed by atoms with Gasteiger partial charge in [-0.05, 0) is 37.2 Å². The summed E-state index contributed by atoms with van der Waals surface area (Å²) in [4.78, 5) is 12.6. The Morgan fingerprint density at radius 2 is 1.67 bits per heavy atom. The zero-order chi connectivity index (χ0) is 14.7. The van der Waals surface area contributed by atoms with E-state index in [0.29, 0.717) is 22.3 Å². The molecule has 3 nitrogen and oxygen atoms in total. The van der Waals surface area contributed by atoms with Gasteiger partial charge in [-0.25, -0.2) is 0 Å². The number of para-hydroxylation sites is 1. The zero-order valence-corrected chi connectivity index (χ0v) is 12.3. The van der Waals surface area contributed by atoms with Gasteiger partial charge in [0, 0.05) is 17.2 Å². The first-order valence-corrected chi connectivity index (χ1v) is 7.41. The van der Waals surface area contributed by atoms with Gasteiger partial charge in [0.05, 0.1) is 5.69 Å². The Morgan fingerprint density at radius 1 is 1.00 bits per heavy atom. The van der Waals surface area contributed by atoms with Gasteiger partial charge in [0.25, 0.3) is 0 Å². The van der Waals surface area contributed by atoms with Gasteiger partial charge >= 0.3 is 0 Å². The van der Waals surface area contributed by atoms with E-state index in [1.807, 2.05) is 54.6 Å². The number of ketones is 1. The standard InChI is InChI=1S/C17H16N2OS/c20-16(12-6-2-1-3-7-12)14-8-4-5-9-15(14)19-17(21)18-13-10-11-13/h1-9,13H,10-11H2,(H2,18,19,21). The second kappa shape index (κ2) is 6.06. The molecule has 1 saturated carbocycles. The Labute approximate surface area is 129 Å². The summed E-state index contributed by atoms with van der Waals surface area (Å²) in [6.45, 7) is 0. The third kappa shape index (κ3) is 3.47. The zero-order valence-electron chi connectivity index (χ0n) is 11.5. The Morgan fingerprint density at radius 3 is 2.38 bits per heavy atom. The van der Waals surface area contributed by atoms with E-state index in [-0.39, 0.29) is 5.78 Å². The summed E-state index contributed by atoms with van der Waals surface area (Å²) >= 11 is 5.28. The molecule has 1 aliphatic carbocycles. The molecule has 1 aliphatic rings. The summed E-state index contributed by atoms with van der Waals surface area (Å²) < 4.78 is 0. The number of hydrogen-bond acceptors (Lipinski definition) is 2. The number of thiocarbonyl (C=S) groups is 1. The van der Waals surface area contributed by atoms with Crippen LogP contribution in [0.5, 0.6) is 0 Å². The monoisotopic (exact) mass is 296 g/mol. The van der Waals surface area contributed by atoms with Crippen LogP contribution in [0.2, 0.25) is 0 Å². The summed E-state index contributed by atoms with van der Waals surface area (Å²) in [7, 11) is 0. The van der Waals surface area contributed by atoms with Gasteiger partial charge in [-0.3, -0.25) is 4.79 Å². The molecule has 2 N–H and O–H groups in total. The van der Waals surface area contributed by atoms with Crippen LogP contribution in [-0.2, 0) is 0 Å². The molecule has 2 aromatic carbocycles. The van der Waals surface area contributed by atoms with E-state index in [4.69, 9.17) is 12.2 Å². The molecule has 0 heterocycles. The fraction of sp³-hybridized carbons (Fsp3) is 0.176. The predicted octanol–water partition coefficient (Wildman–Crippen LogP) is 3.37. The lowest BCUT2D eigenvalue weighted by Crippen LogP contribution is -2.30. The van der Waals surface area contributed by atoms with Crippen LogP contribution in [0.3, 0.4) is 0 Å². The number of benzene rings is 2. The van der Waals surface area contributed by atoms with Gasteiger partial charge in [0.2, 0.25) is 0 Å². The van der Waals surface area contributed by atoms with E-state index in [9.17, 15) is 4.79 Å². The number of nitrogens with one attached hydrogen (secondary N) is 2. The molecular formula is C17H16N2OS. The molecule has 4 heteroatoms. The van der Waals surface area contributed by atoms with Gasteiger partial charge in [-0.1, -0.05) is 42.5 Å². The van der Waals surface area contributed by atoms with E-state index in [1.54, 1.807) is 0 Å². The van der Waals surface area contributed by atoms with Crippen molar-refractivity contribution in [3.8, 4) is 0 Å². The van der Waals surface area contributed by atoms with Crippen molar-refractivity contribution in [1.82, 2.24) is 5.32 Å². The van der Waals surface area contributed by atoms with Gasteiger partial charge in [0.15, 0.2) is 10.9 Å². The molecular weight excluding hydrogens is 280 g/mol. The molecule has 1 fully saturated rings. The topological polar surface area (TPSA) is 41.1 Å². The molecule has 21 heavy (non-hydrogen) atoms. The minimum absolute atomic E-state index is 0.00655. The van der Waals surface area contributed by atoms with Crippen LogP contribution in [0.25, 0.3) is 0 Å². The highest BCUT2D eigenvalue weighted by molar-refractivity contribution is 7.80. The highest BCUT2D eigenvalue weighted by Crippen LogP contribution is 2.21. The SMILES string of the molecule is O=C(c1ccccc1)c1ccccc1NC(=S)NC1CC1. The van der Waals surface area contributed by atoms with Gasteiger partial charge < -0.3 is 10.6 Å². The molecule has 0 radical (unpaired) electrons. The normalized spacial score (nSPS) is 13.5. The summed E-state index contributed by atoms with van der Waals surface area (Å²) in [5.74, 6) is -0.00655. The van der Waals surface area contributed by atoms with Crippen LogP contribution >= 0.6 is 12.2 Å². The number of carbonyl (C=O) groups excluding carboxylic acids is 1. The van der Waals surface area contributed by atoms with Crippen molar-refractivity contribution in [2.45, 2.75) is 18.9 Å². The lowest BCUT2D eigenvalue weighted by molar-refractivity contribution is 0.103. The van der Waals surface area contributed by atoms with Crippen LogP contribution in [-0.4, -0.2) is 16.9 Å². The molecule has 0 aliphatic heterocycles. The Kier molecular flexibility index (Phi) is 3.97. The smallest absolute Gasteiger partial charge is 0.195 e. The number of carbonyl (C=O) groups is 1. The maximum atomic E-state index is 12.6. The van der Waals surface area contributed by atoms with E-state index in [2.05, 4.69) is 10.6 Å². The number of hydrogen-bond donors (Lipinski definition) is 2. The molecule has 0 amide bonds. The highest BCUT2D eigenvalue weighted by Gasteiger charge is 2.22. The number of rotatable bonds is 4. The molecule has 3 rings (SSSR count). The van der Waals surface area contributed by atoms with Crippen molar-refractivity contribution in [2.24, 2.45) is 0 Å².